The number of hydrogen-bond acceptors (Lipinski definition) is 7. The lowest BCUT2D eigenvalue weighted by Gasteiger charge is -2.08. The molecule has 0 aromatic carbocycles. The van der Waals surface area contributed by atoms with E-state index < -0.39 is 5.97 Å². The van der Waals surface area contributed by atoms with E-state index in [2.05, 4.69) is 20.0 Å². The van der Waals surface area contributed by atoms with Crippen LogP contribution in [-0.4, -0.2) is 23.0 Å². The summed E-state index contributed by atoms with van der Waals surface area (Å²) in [5, 5.41) is 3.64. The molecule has 2 rings (SSSR count). The summed E-state index contributed by atoms with van der Waals surface area (Å²) in [7, 11) is 1.31. The Bertz CT molecular complexity index is 582. The highest BCUT2D eigenvalue weighted by atomic mass is 32.1. The molecule has 0 atom stereocenters. The molecule has 6 nitrogen and oxygen atoms in total. The van der Waals surface area contributed by atoms with E-state index in [0.717, 1.165) is 4.88 Å². The second kappa shape index (κ2) is 5.01. The molecule has 0 spiro atoms. The molecule has 0 radical (unpaired) electrons. The predicted molar refractivity (Wildman–Crippen MR) is 70.1 cm³/mol. The number of thiazole rings is 1. The lowest BCUT2D eigenvalue weighted by molar-refractivity contribution is 0.0601. The number of nitrogen functional groups attached to an aromatic ring is 1. The number of pyridine rings is 1. The molecular weight excluding hydrogens is 252 g/mol. The van der Waals surface area contributed by atoms with Crippen LogP contribution in [0.25, 0.3) is 0 Å². The van der Waals surface area contributed by atoms with Crippen LogP contribution < -0.4 is 11.1 Å². The van der Waals surface area contributed by atoms with Gasteiger partial charge >= 0.3 is 5.97 Å². The van der Waals surface area contributed by atoms with Gasteiger partial charge in [-0.2, -0.15) is 0 Å². The summed E-state index contributed by atoms with van der Waals surface area (Å²) >= 11 is 1.47. The van der Waals surface area contributed by atoms with E-state index in [1.807, 2.05) is 6.92 Å². The van der Waals surface area contributed by atoms with Crippen molar-refractivity contribution in [2.75, 3.05) is 18.2 Å². The van der Waals surface area contributed by atoms with Gasteiger partial charge in [0.15, 0.2) is 5.13 Å². The number of aromatic nitrogens is 2. The van der Waals surface area contributed by atoms with Crippen LogP contribution in [-0.2, 0) is 4.74 Å². The van der Waals surface area contributed by atoms with Gasteiger partial charge in [-0.25, -0.2) is 14.8 Å². The summed E-state index contributed by atoms with van der Waals surface area (Å²) in [5.41, 5.74) is 6.29. The molecule has 2 aromatic rings. The first kappa shape index (κ1) is 12.3. The normalized spacial score (nSPS) is 10.1. The van der Waals surface area contributed by atoms with Crippen molar-refractivity contribution in [3.8, 4) is 0 Å². The van der Waals surface area contributed by atoms with Crippen molar-refractivity contribution < 1.29 is 9.53 Å². The van der Waals surface area contributed by atoms with Gasteiger partial charge < -0.3 is 15.8 Å². The molecule has 0 saturated heterocycles. The smallest absolute Gasteiger partial charge is 0.341 e. The van der Waals surface area contributed by atoms with Crippen LogP contribution in [0, 0.1) is 6.92 Å². The molecular formula is C11H12N4O2S. The number of carbonyl (C=O) groups is 1. The fraction of sp³-hybridized carbons (Fsp3) is 0.182. The Morgan fingerprint density at radius 2 is 2.22 bits per heavy atom. The molecule has 7 heteroatoms. The van der Waals surface area contributed by atoms with E-state index in [-0.39, 0.29) is 5.56 Å². The maximum atomic E-state index is 11.6. The molecule has 0 saturated carbocycles. The molecule has 0 fully saturated rings. The quantitative estimate of drug-likeness (QED) is 0.823. The Kier molecular flexibility index (Phi) is 3.42. The summed E-state index contributed by atoms with van der Waals surface area (Å²) in [4.78, 5) is 20.9. The van der Waals surface area contributed by atoms with Crippen LogP contribution in [0.1, 0.15) is 15.2 Å². The topological polar surface area (TPSA) is 90.1 Å². The molecule has 0 aliphatic heterocycles. The number of nitrogens with one attached hydrogen (secondary N) is 1. The number of aryl methyl sites for hydroxylation is 1. The number of rotatable bonds is 3. The van der Waals surface area contributed by atoms with Crippen LogP contribution in [0.5, 0.6) is 0 Å². The van der Waals surface area contributed by atoms with Crippen LogP contribution in [0.15, 0.2) is 18.5 Å². The minimum atomic E-state index is -0.495. The van der Waals surface area contributed by atoms with Crippen molar-refractivity contribution in [2.45, 2.75) is 6.92 Å². The highest BCUT2D eigenvalue weighted by Crippen LogP contribution is 2.24. The van der Waals surface area contributed by atoms with Crippen molar-refractivity contribution in [2.24, 2.45) is 0 Å². The van der Waals surface area contributed by atoms with E-state index >= 15 is 0 Å². The third-order valence-corrected chi connectivity index (χ3v) is 2.99. The van der Waals surface area contributed by atoms with Gasteiger partial charge in [0.1, 0.15) is 11.4 Å². The zero-order valence-corrected chi connectivity index (χ0v) is 10.7. The maximum absolute atomic E-state index is 11.6. The van der Waals surface area contributed by atoms with Crippen LogP contribution in [0.4, 0.5) is 16.6 Å². The number of nitrogens with two attached hydrogens (primary N) is 1. The predicted octanol–water partition coefficient (Wildman–Crippen LogP) is 1.96. The van der Waals surface area contributed by atoms with E-state index in [9.17, 15) is 4.79 Å². The van der Waals surface area contributed by atoms with E-state index in [0.29, 0.717) is 16.6 Å². The van der Waals surface area contributed by atoms with E-state index in [1.165, 1.54) is 30.7 Å². The summed E-state index contributed by atoms with van der Waals surface area (Å²) < 4.78 is 4.68. The molecule has 0 aliphatic carbocycles. The van der Waals surface area contributed by atoms with Gasteiger partial charge in [-0.1, -0.05) is 0 Å². The first-order chi connectivity index (χ1) is 8.60. The summed E-state index contributed by atoms with van der Waals surface area (Å²) in [6.07, 6.45) is 3.21. The number of anilines is 3. The number of carbonyl (C=O) groups excluding carboxylic acids is 1. The molecule has 0 aliphatic rings. The highest BCUT2D eigenvalue weighted by Gasteiger charge is 2.14. The SMILES string of the molecule is COC(=O)c1cc(N)cnc1Nc1ncc(C)s1. The summed E-state index contributed by atoms with van der Waals surface area (Å²) in [5.74, 6) is -0.115. The Morgan fingerprint density at radius 3 is 2.83 bits per heavy atom. The first-order valence-corrected chi connectivity index (χ1v) is 5.95. The average molecular weight is 264 g/mol. The van der Waals surface area contributed by atoms with Crippen LogP contribution in [0.2, 0.25) is 0 Å². The minimum absolute atomic E-state index is 0.283. The van der Waals surface area contributed by atoms with Crippen molar-refractivity contribution >= 4 is 33.9 Å². The van der Waals surface area contributed by atoms with Gasteiger partial charge in [0.25, 0.3) is 0 Å². The van der Waals surface area contributed by atoms with Gasteiger partial charge in [-0.15, -0.1) is 11.3 Å². The molecule has 3 N–H and O–H groups in total. The Balaban J connectivity index is 2.35. The zero-order chi connectivity index (χ0) is 13.1. The Morgan fingerprint density at radius 1 is 1.44 bits per heavy atom. The fourth-order valence-corrected chi connectivity index (χ4v) is 2.02. The van der Waals surface area contributed by atoms with Crippen molar-refractivity contribution in [3.05, 3.63) is 28.9 Å². The largest absolute Gasteiger partial charge is 0.465 e. The highest BCUT2D eigenvalue weighted by molar-refractivity contribution is 7.15. The van der Waals surface area contributed by atoms with E-state index in [1.54, 1.807) is 6.20 Å². The lowest BCUT2D eigenvalue weighted by Crippen LogP contribution is -2.08. The van der Waals surface area contributed by atoms with E-state index in [4.69, 9.17) is 5.73 Å². The van der Waals surface area contributed by atoms with Gasteiger partial charge in [-0.3, -0.25) is 0 Å². The zero-order valence-electron chi connectivity index (χ0n) is 9.93. The van der Waals surface area contributed by atoms with Crippen molar-refractivity contribution in [3.63, 3.8) is 0 Å². The molecule has 2 heterocycles. The van der Waals surface area contributed by atoms with Gasteiger partial charge in [0.05, 0.1) is 19.0 Å². The molecule has 2 aromatic heterocycles. The molecule has 0 amide bonds. The molecule has 94 valence electrons. The monoisotopic (exact) mass is 264 g/mol. The summed E-state index contributed by atoms with van der Waals surface area (Å²) in [6.45, 7) is 1.94. The number of ether oxygens (including phenoxy) is 1. The molecule has 0 bridgehead atoms. The second-order valence-corrected chi connectivity index (χ2v) is 4.79. The van der Waals surface area contributed by atoms with Crippen molar-refractivity contribution in [1.82, 2.24) is 9.97 Å². The number of hydrogen-bond donors (Lipinski definition) is 2. The third-order valence-electron chi connectivity index (χ3n) is 2.16. The molecule has 18 heavy (non-hydrogen) atoms. The number of methoxy groups -OCH3 is 1. The van der Waals surface area contributed by atoms with Gasteiger partial charge in [-0.05, 0) is 13.0 Å². The van der Waals surface area contributed by atoms with Gasteiger partial charge in [0.2, 0.25) is 0 Å². The second-order valence-electron chi connectivity index (χ2n) is 3.56. The number of esters is 1. The third kappa shape index (κ3) is 2.57. The van der Waals surface area contributed by atoms with Crippen LogP contribution in [0.3, 0.4) is 0 Å². The standard InChI is InChI=1S/C11H12N4O2S/c1-6-4-14-11(18-6)15-9-8(10(16)17-2)3-7(12)5-13-9/h3-5H,12H2,1-2H3,(H,13,14,15). The lowest BCUT2D eigenvalue weighted by atomic mass is 10.2. The Hall–Kier alpha value is -2.15. The van der Waals surface area contributed by atoms with Gasteiger partial charge in [0, 0.05) is 11.1 Å². The van der Waals surface area contributed by atoms with Crippen LogP contribution >= 0.6 is 11.3 Å². The number of nitrogens with zero attached hydrogens (tertiary/aromatic N) is 2. The first-order valence-electron chi connectivity index (χ1n) is 5.13. The van der Waals surface area contributed by atoms with Crippen molar-refractivity contribution in [1.29, 1.82) is 0 Å². The molecule has 0 unspecified atom stereocenters. The average Bonchev–Trinajstić information content (AvgIpc) is 2.76. The minimum Gasteiger partial charge on any atom is -0.465 e. The maximum Gasteiger partial charge on any atom is 0.341 e. The Labute approximate surface area is 108 Å². The fourth-order valence-electron chi connectivity index (χ4n) is 1.36. The summed E-state index contributed by atoms with van der Waals surface area (Å²) in [6, 6.07) is 1.52.